The average molecular weight is 285 g/mol. The molecule has 0 amide bonds. The fraction of sp³-hybridized carbons (Fsp3) is 0.231. The molecule has 106 valence electrons. The first kappa shape index (κ1) is 14.1. The van der Waals surface area contributed by atoms with Gasteiger partial charge in [0.25, 0.3) is 0 Å². The molecule has 0 saturated carbocycles. The fourth-order valence-electron chi connectivity index (χ4n) is 1.63. The number of ether oxygens (including phenoxy) is 1. The van der Waals surface area contributed by atoms with Crippen LogP contribution in [0.1, 0.15) is 16.1 Å². The summed E-state index contributed by atoms with van der Waals surface area (Å²) in [6.45, 7) is -0.214. The maximum absolute atomic E-state index is 12.1. The Bertz CT molecular complexity index is 605. The quantitative estimate of drug-likeness (QED) is 0.811. The molecular weight excluding hydrogens is 275 g/mol. The highest BCUT2D eigenvalue weighted by Gasteiger charge is 2.31. The van der Waals surface area contributed by atoms with Gasteiger partial charge in [0.1, 0.15) is 17.0 Å². The second kappa shape index (κ2) is 5.36. The second-order valence-electron chi connectivity index (χ2n) is 4.02. The molecule has 4 nitrogen and oxygen atoms in total. The van der Waals surface area contributed by atoms with Crippen LogP contribution in [0.4, 0.5) is 13.2 Å². The summed E-state index contributed by atoms with van der Waals surface area (Å²) < 4.78 is 45.3. The third-order valence-electron chi connectivity index (χ3n) is 2.48. The molecule has 0 aliphatic carbocycles. The van der Waals surface area contributed by atoms with E-state index < -0.39 is 18.8 Å². The number of alkyl halides is 3. The normalized spacial score (nSPS) is 11.4. The van der Waals surface area contributed by atoms with Crippen molar-refractivity contribution in [3.8, 4) is 11.3 Å². The Morgan fingerprint density at radius 1 is 1.30 bits per heavy atom. The number of hydrogen-bond acceptors (Lipinski definition) is 4. The topological polar surface area (TPSA) is 52.3 Å². The Hall–Kier alpha value is -2.31. The summed E-state index contributed by atoms with van der Waals surface area (Å²) in [6, 6.07) is 8.52. The Balaban J connectivity index is 2.28. The van der Waals surface area contributed by atoms with Gasteiger partial charge in [-0.3, -0.25) is 0 Å². The molecule has 1 heterocycles. The number of aryl methyl sites for hydroxylation is 1. The molecule has 0 bridgehead atoms. The van der Waals surface area contributed by atoms with Crippen molar-refractivity contribution in [1.82, 2.24) is 5.16 Å². The molecular formula is C13H10F3NO3. The van der Waals surface area contributed by atoms with Crippen LogP contribution < -0.4 is 0 Å². The van der Waals surface area contributed by atoms with E-state index in [1.54, 1.807) is 30.3 Å². The number of carbonyl (C=O) groups is 1. The van der Waals surface area contributed by atoms with Gasteiger partial charge in [0.15, 0.2) is 6.61 Å². The smallest absolute Gasteiger partial charge is 0.422 e. The van der Waals surface area contributed by atoms with Crippen molar-refractivity contribution in [3.05, 3.63) is 41.7 Å². The molecule has 0 aliphatic rings. The molecule has 1 aromatic heterocycles. The van der Waals surface area contributed by atoms with Gasteiger partial charge >= 0.3 is 12.1 Å². The maximum Gasteiger partial charge on any atom is 0.422 e. The van der Waals surface area contributed by atoms with Crippen molar-refractivity contribution < 1.29 is 27.2 Å². The van der Waals surface area contributed by atoms with E-state index in [1.165, 1.54) is 6.92 Å². The third kappa shape index (κ3) is 3.17. The molecule has 1 aromatic carbocycles. The summed E-state index contributed by atoms with van der Waals surface area (Å²) in [4.78, 5) is 11.7. The molecule has 0 saturated heterocycles. The summed E-state index contributed by atoms with van der Waals surface area (Å²) in [6.07, 6.45) is -4.58. The number of carbonyl (C=O) groups excluding carboxylic acids is 1. The second-order valence-corrected chi connectivity index (χ2v) is 4.02. The molecule has 20 heavy (non-hydrogen) atoms. The number of benzene rings is 1. The monoisotopic (exact) mass is 285 g/mol. The Morgan fingerprint density at radius 3 is 2.55 bits per heavy atom. The minimum Gasteiger partial charge on any atom is -0.452 e. The van der Waals surface area contributed by atoms with Gasteiger partial charge in [0.05, 0.1) is 0 Å². The van der Waals surface area contributed by atoms with Gasteiger partial charge < -0.3 is 9.26 Å². The standard InChI is InChI=1S/C13H10F3NO3/c1-8-10(12(18)19-7-13(14,15)16)11(17-20-8)9-5-3-2-4-6-9/h2-6H,7H2,1H3. The number of hydrogen-bond donors (Lipinski definition) is 0. The average Bonchev–Trinajstić information content (AvgIpc) is 2.78. The molecule has 0 N–H and O–H groups in total. The van der Waals surface area contributed by atoms with Crippen LogP contribution in [0, 0.1) is 6.92 Å². The van der Waals surface area contributed by atoms with Crippen LogP contribution in [0.15, 0.2) is 34.9 Å². The van der Waals surface area contributed by atoms with Crippen LogP contribution in [-0.4, -0.2) is 23.9 Å². The van der Waals surface area contributed by atoms with Gasteiger partial charge in [-0.1, -0.05) is 35.5 Å². The largest absolute Gasteiger partial charge is 0.452 e. The van der Waals surface area contributed by atoms with Crippen molar-refractivity contribution in [3.63, 3.8) is 0 Å². The predicted molar refractivity (Wildman–Crippen MR) is 63.0 cm³/mol. The fourth-order valence-corrected chi connectivity index (χ4v) is 1.63. The number of aromatic nitrogens is 1. The van der Waals surface area contributed by atoms with Gasteiger partial charge in [-0.25, -0.2) is 4.79 Å². The highest BCUT2D eigenvalue weighted by atomic mass is 19.4. The number of esters is 1. The van der Waals surface area contributed by atoms with E-state index in [1.807, 2.05) is 0 Å². The third-order valence-corrected chi connectivity index (χ3v) is 2.48. The van der Waals surface area contributed by atoms with Crippen LogP contribution in [0.5, 0.6) is 0 Å². The zero-order valence-electron chi connectivity index (χ0n) is 10.4. The summed E-state index contributed by atoms with van der Waals surface area (Å²) >= 11 is 0. The number of halogens is 3. The van der Waals surface area contributed by atoms with Gasteiger partial charge in [-0.2, -0.15) is 13.2 Å². The first-order valence-electron chi connectivity index (χ1n) is 5.64. The van der Waals surface area contributed by atoms with E-state index in [4.69, 9.17) is 4.52 Å². The summed E-state index contributed by atoms with van der Waals surface area (Å²) in [7, 11) is 0. The lowest BCUT2D eigenvalue weighted by molar-refractivity contribution is -0.161. The molecule has 0 fully saturated rings. The van der Waals surface area contributed by atoms with Crippen LogP contribution in [0.3, 0.4) is 0 Å². The van der Waals surface area contributed by atoms with Crippen LogP contribution in [0.2, 0.25) is 0 Å². The van der Waals surface area contributed by atoms with E-state index in [0.717, 1.165) is 0 Å². The van der Waals surface area contributed by atoms with E-state index >= 15 is 0 Å². The minimum atomic E-state index is -4.58. The lowest BCUT2D eigenvalue weighted by atomic mass is 10.1. The predicted octanol–water partition coefficient (Wildman–Crippen LogP) is 3.37. The van der Waals surface area contributed by atoms with Gasteiger partial charge in [-0.15, -0.1) is 0 Å². The number of nitrogens with zero attached hydrogens (tertiary/aromatic N) is 1. The molecule has 2 rings (SSSR count). The van der Waals surface area contributed by atoms with Crippen LogP contribution in [0.25, 0.3) is 11.3 Å². The van der Waals surface area contributed by atoms with E-state index in [-0.39, 0.29) is 17.0 Å². The van der Waals surface area contributed by atoms with E-state index in [0.29, 0.717) is 5.56 Å². The highest BCUT2D eigenvalue weighted by Crippen LogP contribution is 2.26. The van der Waals surface area contributed by atoms with Gasteiger partial charge in [-0.05, 0) is 6.92 Å². The molecule has 0 aliphatic heterocycles. The van der Waals surface area contributed by atoms with Gasteiger partial charge in [0, 0.05) is 5.56 Å². The van der Waals surface area contributed by atoms with Crippen molar-refractivity contribution in [2.75, 3.05) is 6.61 Å². The highest BCUT2D eigenvalue weighted by molar-refractivity contribution is 5.97. The van der Waals surface area contributed by atoms with Crippen molar-refractivity contribution in [2.24, 2.45) is 0 Å². The van der Waals surface area contributed by atoms with E-state index in [2.05, 4.69) is 9.89 Å². The summed E-state index contributed by atoms with van der Waals surface area (Å²) in [5, 5.41) is 3.69. The van der Waals surface area contributed by atoms with Crippen molar-refractivity contribution in [1.29, 1.82) is 0 Å². The minimum absolute atomic E-state index is 0.0968. The Kier molecular flexibility index (Phi) is 3.78. The van der Waals surface area contributed by atoms with Crippen molar-refractivity contribution in [2.45, 2.75) is 13.1 Å². The molecule has 0 unspecified atom stereocenters. The zero-order valence-corrected chi connectivity index (χ0v) is 10.4. The summed E-state index contributed by atoms with van der Waals surface area (Å²) in [5.74, 6) is -1.00. The molecule has 0 radical (unpaired) electrons. The lowest BCUT2D eigenvalue weighted by Crippen LogP contribution is -2.20. The number of rotatable bonds is 3. The molecule has 0 spiro atoms. The SMILES string of the molecule is Cc1onc(-c2ccccc2)c1C(=O)OCC(F)(F)F. The molecule has 0 atom stereocenters. The lowest BCUT2D eigenvalue weighted by Gasteiger charge is -2.07. The van der Waals surface area contributed by atoms with Crippen LogP contribution in [-0.2, 0) is 4.74 Å². The van der Waals surface area contributed by atoms with Crippen molar-refractivity contribution >= 4 is 5.97 Å². The summed E-state index contributed by atoms with van der Waals surface area (Å²) in [5.41, 5.74) is 0.624. The van der Waals surface area contributed by atoms with Crippen LogP contribution >= 0.6 is 0 Å². The van der Waals surface area contributed by atoms with Gasteiger partial charge in [0.2, 0.25) is 0 Å². The molecule has 7 heteroatoms. The Morgan fingerprint density at radius 2 is 1.95 bits per heavy atom. The first-order chi connectivity index (χ1) is 9.38. The zero-order chi connectivity index (χ0) is 14.8. The first-order valence-corrected chi connectivity index (χ1v) is 5.64. The molecule has 2 aromatic rings. The maximum atomic E-state index is 12.1. The van der Waals surface area contributed by atoms with E-state index in [9.17, 15) is 18.0 Å². The Labute approximate surface area is 112 Å².